The van der Waals surface area contributed by atoms with Crippen LogP contribution < -0.4 is 5.73 Å². The SMILES string of the molecule is CCCN(CCC1CCC(CC(=O)/C=C/c2ccc(F)cc2)CC1)[C@H]1CCc2nc(N)sc2C1. The number of hydrogen-bond acceptors (Lipinski definition) is 5. The van der Waals surface area contributed by atoms with E-state index in [0.29, 0.717) is 23.5 Å². The van der Waals surface area contributed by atoms with E-state index < -0.39 is 0 Å². The lowest BCUT2D eigenvalue weighted by Gasteiger charge is -2.36. The lowest BCUT2D eigenvalue weighted by Crippen LogP contribution is -2.41. The van der Waals surface area contributed by atoms with Crippen LogP contribution in [0.25, 0.3) is 6.08 Å². The van der Waals surface area contributed by atoms with Crippen molar-refractivity contribution in [3.8, 4) is 0 Å². The molecule has 1 heterocycles. The summed E-state index contributed by atoms with van der Waals surface area (Å²) in [4.78, 5) is 21.0. The van der Waals surface area contributed by atoms with Gasteiger partial charge in [0.2, 0.25) is 0 Å². The molecule has 4 rings (SSSR count). The molecule has 2 aliphatic carbocycles. The maximum atomic E-state index is 13.0. The van der Waals surface area contributed by atoms with Crippen molar-refractivity contribution in [1.29, 1.82) is 0 Å². The number of aromatic nitrogens is 1. The Balaban J connectivity index is 1.19. The maximum Gasteiger partial charge on any atom is 0.180 e. The van der Waals surface area contributed by atoms with Gasteiger partial charge in [-0.15, -0.1) is 11.3 Å². The van der Waals surface area contributed by atoms with Gasteiger partial charge in [-0.25, -0.2) is 9.37 Å². The normalized spacial score (nSPS) is 22.9. The lowest BCUT2D eigenvalue weighted by atomic mass is 9.78. The fraction of sp³-hybridized carbons (Fsp3) is 0.571. The predicted molar refractivity (Wildman–Crippen MR) is 139 cm³/mol. The van der Waals surface area contributed by atoms with Crippen molar-refractivity contribution in [1.82, 2.24) is 9.88 Å². The zero-order chi connectivity index (χ0) is 23.9. The molecule has 4 nitrogen and oxygen atoms in total. The molecule has 1 fully saturated rings. The number of allylic oxidation sites excluding steroid dienone is 1. The van der Waals surface area contributed by atoms with Crippen molar-refractivity contribution in [3.63, 3.8) is 0 Å². The number of nitrogens with two attached hydrogens (primary N) is 1. The monoisotopic (exact) mass is 483 g/mol. The lowest BCUT2D eigenvalue weighted by molar-refractivity contribution is -0.115. The van der Waals surface area contributed by atoms with E-state index in [-0.39, 0.29) is 11.6 Å². The van der Waals surface area contributed by atoms with Crippen LogP contribution in [0.3, 0.4) is 0 Å². The summed E-state index contributed by atoms with van der Waals surface area (Å²) in [6.07, 6.45) is 14.7. The smallest absolute Gasteiger partial charge is 0.180 e. The van der Waals surface area contributed by atoms with E-state index in [2.05, 4.69) is 16.8 Å². The first-order valence-electron chi connectivity index (χ1n) is 12.9. The van der Waals surface area contributed by atoms with Gasteiger partial charge < -0.3 is 10.6 Å². The average molecular weight is 484 g/mol. The fourth-order valence-corrected chi connectivity index (χ4v) is 6.59. The Morgan fingerprint density at radius 1 is 1.15 bits per heavy atom. The van der Waals surface area contributed by atoms with Crippen LogP contribution in [0, 0.1) is 17.7 Å². The van der Waals surface area contributed by atoms with Gasteiger partial charge in [-0.1, -0.05) is 38.0 Å². The largest absolute Gasteiger partial charge is 0.375 e. The summed E-state index contributed by atoms with van der Waals surface area (Å²) in [6, 6.07) is 6.87. The van der Waals surface area contributed by atoms with E-state index >= 15 is 0 Å². The number of carbonyl (C=O) groups excluding carboxylic acids is 1. The molecule has 2 aliphatic rings. The summed E-state index contributed by atoms with van der Waals surface area (Å²) in [5, 5.41) is 0.717. The number of ketones is 1. The number of aryl methyl sites for hydroxylation is 1. The Hall–Kier alpha value is -2.05. The summed E-state index contributed by atoms with van der Waals surface area (Å²) in [5.41, 5.74) is 8.04. The molecule has 1 atom stereocenters. The molecule has 1 aromatic heterocycles. The van der Waals surface area contributed by atoms with Gasteiger partial charge in [-0.05, 0) is 93.6 Å². The van der Waals surface area contributed by atoms with Gasteiger partial charge >= 0.3 is 0 Å². The fourth-order valence-electron chi connectivity index (χ4n) is 5.64. The number of fused-ring (bicyclic) bond motifs is 1. The molecular weight excluding hydrogens is 445 g/mol. The van der Waals surface area contributed by atoms with Crippen LogP contribution in [0.2, 0.25) is 0 Å². The minimum atomic E-state index is -0.254. The summed E-state index contributed by atoms with van der Waals surface area (Å²) in [6.45, 7) is 4.62. The van der Waals surface area contributed by atoms with E-state index in [1.165, 1.54) is 67.9 Å². The van der Waals surface area contributed by atoms with E-state index in [1.807, 2.05) is 0 Å². The summed E-state index contributed by atoms with van der Waals surface area (Å²) < 4.78 is 13.0. The molecule has 0 saturated heterocycles. The quantitative estimate of drug-likeness (QED) is 0.403. The first-order chi connectivity index (χ1) is 16.5. The molecule has 184 valence electrons. The van der Waals surface area contributed by atoms with Crippen LogP contribution >= 0.6 is 11.3 Å². The molecule has 0 amide bonds. The average Bonchev–Trinajstić information content (AvgIpc) is 3.21. The second-order valence-corrected chi connectivity index (χ2v) is 11.2. The van der Waals surface area contributed by atoms with Gasteiger partial charge in [0.15, 0.2) is 10.9 Å². The van der Waals surface area contributed by atoms with Crippen molar-refractivity contribution in [2.24, 2.45) is 11.8 Å². The number of carbonyl (C=O) groups is 1. The van der Waals surface area contributed by atoms with Crippen molar-refractivity contribution in [2.45, 2.75) is 77.2 Å². The third-order valence-electron chi connectivity index (χ3n) is 7.57. The number of benzene rings is 1. The number of anilines is 1. The van der Waals surface area contributed by atoms with E-state index in [9.17, 15) is 9.18 Å². The minimum absolute atomic E-state index is 0.183. The predicted octanol–water partition coefficient (Wildman–Crippen LogP) is 6.30. The molecule has 2 N–H and O–H groups in total. The second-order valence-electron chi connectivity index (χ2n) is 10.1. The highest BCUT2D eigenvalue weighted by molar-refractivity contribution is 7.15. The molecule has 0 unspecified atom stereocenters. The van der Waals surface area contributed by atoms with Crippen LogP contribution in [-0.2, 0) is 17.6 Å². The van der Waals surface area contributed by atoms with Crippen molar-refractivity contribution >= 4 is 28.3 Å². The number of rotatable bonds is 10. The molecule has 0 spiro atoms. The number of hydrogen-bond donors (Lipinski definition) is 1. The summed E-state index contributed by atoms with van der Waals surface area (Å²) in [5.74, 6) is 1.21. The van der Waals surface area contributed by atoms with E-state index in [1.54, 1.807) is 35.6 Å². The third kappa shape index (κ3) is 6.98. The number of nitrogen functional groups attached to an aromatic ring is 1. The number of nitrogens with zero attached hydrogens (tertiary/aromatic N) is 2. The van der Waals surface area contributed by atoms with Gasteiger partial charge in [0.05, 0.1) is 5.69 Å². The van der Waals surface area contributed by atoms with Crippen molar-refractivity contribution < 1.29 is 9.18 Å². The van der Waals surface area contributed by atoms with Gasteiger partial charge in [0.25, 0.3) is 0 Å². The van der Waals surface area contributed by atoms with Crippen LogP contribution in [0.1, 0.15) is 74.4 Å². The van der Waals surface area contributed by atoms with Crippen LogP contribution in [0.5, 0.6) is 0 Å². The topological polar surface area (TPSA) is 59.2 Å². The van der Waals surface area contributed by atoms with Crippen molar-refractivity contribution in [2.75, 3.05) is 18.8 Å². The summed E-state index contributed by atoms with van der Waals surface area (Å²) in [7, 11) is 0. The Kier molecular flexibility index (Phi) is 8.90. The highest BCUT2D eigenvalue weighted by atomic mass is 32.1. The molecule has 0 aliphatic heterocycles. The highest BCUT2D eigenvalue weighted by Gasteiger charge is 2.28. The molecule has 0 bridgehead atoms. The first-order valence-corrected chi connectivity index (χ1v) is 13.8. The molecule has 1 aromatic carbocycles. The Labute approximate surface area is 207 Å². The molecule has 34 heavy (non-hydrogen) atoms. The van der Waals surface area contributed by atoms with Gasteiger partial charge in [0, 0.05) is 17.3 Å². The third-order valence-corrected chi connectivity index (χ3v) is 8.52. The molecular formula is C28H38FN3OS. The molecule has 1 saturated carbocycles. The Morgan fingerprint density at radius 2 is 1.88 bits per heavy atom. The minimum Gasteiger partial charge on any atom is -0.375 e. The Morgan fingerprint density at radius 3 is 2.62 bits per heavy atom. The second kappa shape index (κ2) is 12.1. The van der Waals surface area contributed by atoms with Crippen LogP contribution in [-0.4, -0.2) is 34.8 Å². The van der Waals surface area contributed by atoms with Gasteiger partial charge in [-0.3, -0.25) is 4.79 Å². The zero-order valence-electron chi connectivity index (χ0n) is 20.3. The standard InChI is InChI=1S/C28H38FN3OS/c1-2-16-32(24-12-14-26-27(19-24)34-28(30)31-26)17-15-21-3-5-22(6-4-21)18-25(33)13-9-20-7-10-23(29)11-8-20/h7-11,13,21-22,24H,2-6,12,14-19H2,1H3,(H2,30,31)/b13-9+/t21?,22?,24-/m0/s1. The summed E-state index contributed by atoms with van der Waals surface area (Å²) >= 11 is 1.68. The highest BCUT2D eigenvalue weighted by Crippen LogP contribution is 2.34. The molecule has 2 aromatic rings. The van der Waals surface area contributed by atoms with E-state index in [4.69, 9.17) is 5.73 Å². The number of halogens is 1. The zero-order valence-corrected chi connectivity index (χ0v) is 21.2. The number of thiazole rings is 1. The Bertz CT molecular complexity index is 963. The van der Waals surface area contributed by atoms with Crippen molar-refractivity contribution in [3.05, 3.63) is 52.3 Å². The van der Waals surface area contributed by atoms with E-state index in [0.717, 1.165) is 37.2 Å². The molecule has 0 radical (unpaired) electrons. The van der Waals surface area contributed by atoms with Gasteiger partial charge in [0.1, 0.15) is 5.82 Å². The molecule has 6 heteroatoms. The van der Waals surface area contributed by atoms with Crippen LogP contribution in [0.4, 0.5) is 9.52 Å². The van der Waals surface area contributed by atoms with Gasteiger partial charge in [-0.2, -0.15) is 0 Å². The van der Waals surface area contributed by atoms with Crippen LogP contribution in [0.15, 0.2) is 30.3 Å². The first kappa shape index (κ1) is 25.1. The maximum absolute atomic E-state index is 13.0.